The number of aromatic amines is 1. The van der Waals surface area contributed by atoms with Crippen LogP contribution in [0.2, 0.25) is 5.02 Å². The Bertz CT molecular complexity index is 428. The number of likely N-dealkylation sites (tertiary alicyclic amines) is 1. The maximum atomic E-state index is 11.9. The van der Waals surface area contributed by atoms with Gasteiger partial charge in [-0.05, 0) is 37.9 Å². The number of carbonyl (C=O) groups excluding carboxylic acids is 1. The minimum absolute atomic E-state index is 0.0845. The van der Waals surface area contributed by atoms with Crippen LogP contribution >= 0.6 is 11.6 Å². The third-order valence-electron chi connectivity index (χ3n) is 3.76. The van der Waals surface area contributed by atoms with Crippen LogP contribution in [0.1, 0.15) is 23.3 Å². The highest BCUT2D eigenvalue weighted by Crippen LogP contribution is 2.16. The molecule has 2 heterocycles. The standard InChI is InChI=1S/C14H22ClN3O2/c1-20-7-6-18-4-2-11(3-5-18)9-17-14(19)13-8-12(15)10-16-13/h8,10-11,16H,2-7,9H2,1H3,(H,17,19). The molecule has 0 radical (unpaired) electrons. The van der Waals surface area contributed by atoms with E-state index in [1.54, 1.807) is 19.4 Å². The zero-order valence-corrected chi connectivity index (χ0v) is 12.6. The quantitative estimate of drug-likeness (QED) is 0.841. The number of aromatic nitrogens is 1. The summed E-state index contributed by atoms with van der Waals surface area (Å²) in [5.74, 6) is 0.474. The Morgan fingerprint density at radius 1 is 1.55 bits per heavy atom. The molecule has 20 heavy (non-hydrogen) atoms. The van der Waals surface area contributed by atoms with Crippen LogP contribution in [-0.2, 0) is 4.74 Å². The second-order valence-electron chi connectivity index (χ2n) is 5.22. The van der Waals surface area contributed by atoms with Gasteiger partial charge in [0, 0.05) is 26.4 Å². The Balaban J connectivity index is 1.67. The third-order valence-corrected chi connectivity index (χ3v) is 3.98. The summed E-state index contributed by atoms with van der Waals surface area (Å²) in [5.41, 5.74) is 0.521. The number of nitrogens with zero attached hydrogens (tertiary/aromatic N) is 1. The summed E-state index contributed by atoms with van der Waals surface area (Å²) in [5, 5.41) is 3.53. The lowest BCUT2D eigenvalue weighted by Crippen LogP contribution is -2.39. The lowest BCUT2D eigenvalue weighted by atomic mass is 9.97. The van der Waals surface area contributed by atoms with Crippen molar-refractivity contribution >= 4 is 17.5 Å². The number of hydrogen-bond donors (Lipinski definition) is 2. The number of halogens is 1. The average Bonchev–Trinajstić information content (AvgIpc) is 2.90. The van der Waals surface area contributed by atoms with Crippen molar-refractivity contribution < 1.29 is 9.53 Å². The number of ether oxygens (including phenoxy) is 1. The monoisotopic (exact) mass is 299 g/mol. The highest BCUT2D eigenvalue weighted by molar-refractivity contribution is 6.30. The fourth-order valence-corrected chi connectivity index (χ4v) is 2.63. The van der Waals surface area contributed by atoms with E-state index in [0.29, 0.717) is 16.6 Å². The summed E-state index contributed by atoms with van der Waals surface area (Å²) in [6.45, 7) is 4.68. The normalized spacial score (nSPS) is 17.3. The van der Waals surface area contributed by atoms with Crippen molar-refractivity contribution in [3.63, 3.8) is 0 Å². The zero-order valence-electron chi connectivity index (χ0n) is 11.8. The van der Waals surface area contributed by atoms with Gasteiger partial charge in [-0.15, -0.1) is 0 Å². The minimum Gasteiger partial charge on any atom is -0.383 e. The molecule has 6 heteroatoms. The molecule has 0 spiro atoms. The number of rotatable bonds is 6. The predicted octanol–water partition coefficient (Wildman–Crippen LogP) is 1.76. The predicted molar refractivity (Wildman–Crippen MR) is 79.2 cm³/mol. The molecule has 5 nitrogen and oxygen atoms in total. The highest BCUT2D eigenvalue weighted by atomic mass is 35.5. The van der Waals surface area contributed by atoms with E-state index in [0.717, 1.165) is 45.6 Å². The van der Waals surface area contributed by atoms with Gasteiger partial charge in [-0.2, -0.15) is 0 Å². The maximum absolute atomic E-state index is 11.9. The van der Waals surface area contributed by atoms with Gasteiger partial charge in [0.1, 0.15) is 5.69 Å². The van der Waals surface area contributed by atoms with Gasteiger partial charge in [0.25, 0.3) is 5.91 Å². The van der Waals surface area contributed by atoms with Crippen molar-refractivity contribution in [2.45, 2.75) is 12.8 Å². The molecular formula is C14H22ClN3O2. The Morgan fingerprint density at radius 3 is 2.90 bits per heavy atom. The van der Waals surface area contributed by atoms with Crippen LogP contribution in [0.5, 0.6) is 0 Å². The van der Waals surface area contributed by atoms with Gasteiger partial charge in [-0.3, -0.25) is 4.79 Å². The van der Waals surface area contributed by atoms with Crippen LogP contribution in [0, 0.1) is 5.92 Å². The maximum Gasteiger partial charge on any atom is 0.267 e. The molecule has 2 N–H and O–H groups in total. The van der Waals surface area contributed by atoms with E-state index in [-0.39, 0.29) is 5.91 Å². The lowest BCUT2D eigenvalue weighted by Gasteiger charge is -2.31. The molecule has 1 aromatic rings. The highest BCUT2D eigenvalue weighted by Gasteiger charge is 2.19. The average molecular weight is 300 g/mol. The van der Waals surface area contributed by atoms with Crippen molar-refractivity contribution in [2.24, 2.45) is 5.92 Å². The summed E-state index contributed by atoms with van der Waals surface area (Å²) < 4.78 is 5.09. The molecule has 0 aliphatic carbocycles. The molecule has 1 fully saturated rings. The van der Waals surface area contributed by atoms with E-state index in [2.05, 4.69) is 15.2 Å². The number of nitrogens with one attached hydrogen (secondary N) is 2. The SMILES string of the molecule is COCCN1CCC(CNC(=O)c2cc(Cl)c[nH]2)CC1. The first-order chi connectivity index (χ1) is 9.69. The topological polar surface area (TPSA) is 57.4 Å². The summed E-state index contributed by atoms with van der Waals surface area (Å²) in [6.07, 6.45) is 3.86. The van der Waals surface area contributed by atoms with Crippen molar-refractivity contribution in [3.8, 4) is 0 Å². The van der Waals surface area contributed by atoms with E-state index in [1.807, 2.05) is 0 Å². The number of carbonyl (C=O) groups is 1. The van der Waals surface area contributed by atoms with E-state index in [9.17, 15) is 4.79 Å². The van der Waals surface area contributed by atoms with Gasteiger partial charge < -0.3 is 19.9 Å². The van der Waals surface area contributed by atoms with Crippen LogP contribution in [0.4, 0.5) is 0 Å². The van der Waals surface area contributed by atoms with E-state index in [1.165, 1.54) is 0 Å². The van der Waals surface area contributed by atoms with Crippen molar-refractivity contribution in [1.29, 1.82) is 0 Å². The van der Waals surface area contributed by atoms with Gasteiger partial charge in [0.05, 0.1) is 11.6 Å². The molecule has 0 bridgehead atoms. The smallest absolute Gasteiger partial charge is 0.267 e. The number of H-pyrrole nitrogens is 1. The molecule has 1 aliphatic rings. The van der Waals surface area contributed by atoms with Crippen molar-refractivity contribution in [2.75, 3.05) is 39.9 Å². The van der Waals surface area contributed by atoms with Crippen LogP contribution in [0.25, 0.3) is 0 Å². The summed E-state index contributed by atoms with van der Waals surface area (Å²) >= 11 is 5.78. The number of amides is 1. The second kappa shape index (κ2) is 7.67. The first kappa shape index (κ1) is 15.4. The Kier molecular flexibility index (Phi) is 5.88. The Morgan fingerprint density at radius 2 is 2.30 bits per heavy atom. The van der Waals surface area contributed by atoms with Crippen LogP contribution < -0.4 is 5.32 Å². The largest absolute Gasteiger partial charge is 0.383 e. The van der Waals surface area contributed by atoms with E-state index >= 15 is 0 Å². The Hall–Kier alpha value is -1.04. The molecule has 0 aromatic carbocycles. The van der Waals surface area contributed by atoms with Gasteiger partial charge >= 0.3 is 0 Å². The number of hydrogen-bond acceptors (Lipinski definition) is 3. The van der Waals surface area contributed by atoms with Gasteiger partial charge in [0.15, 0.2) is 0 Å². The first-order valence-electron chi connectivity index (χ1n) is 7.02. The number of piperidine rings is 1. The molecule has 0 unspecified atom stereocenters. The van der Waals surface area contributed by atoms with E-state index < -0.39 is 0 Å². The van der Waals surface area contributed by atoms with Gasteiger partial charge in [-0.1, -0.05) is 11.6 Å². The first-order valence-corrected chi connectivity index (χ1v) is 7.40. The Labute approximate surface area is 124 Å². The molecule has 1 amide bonds. The molecule has 1 saturated heterocycles. The van der Waals surface area contributed by atoms with E-state index in [4.69, 9.17) is 16.3 Å². The van der Waals surface area contributed by atoms with Crippen LogP contribution in [0.15, 0.2) is 12.3 Å². The third kappa shape index (κ3) is 4.51. The van der Waals surface area contributed by atoms with Crippen LogP contribution in [0.3, 0.4) is 0 Å². The van der Waals surface area contributed by atoms with Gasteiger partial charge in [-0.25, -0.2) is 0 Å². The van der Waals surface area contributed by atoms with Crippen molar-refractivity contribution in [1.82, 2.24) is 15.2 Å². The molecular weight excluding hydrogens is 278 g/mol. The van der Waals surface area contributed by atoms with Crippen molar-refractivity contribution in [3.05, 3.63) is 23.0 Å². The fourth-order valence-electron chi connectivity index (χ4n) is 2.47. The molecule has 1 aliphatic heterocycles. The fraction of sp³-hybridized carbons (Fsp3) is 0.643. The number of methoxy groups -OCH3 is 1. The summed E-state index contributed by atoms with van der Waals surface area (Å²) in [6, 6.07) is 1.64. The molecule has 112 valence electrons. The molecule has 2 rings (SSSR count). The lowest BCUT2D eigenvalue weighted by molar-refractivity contribution is 0.0922. The molecule has 1 aromatic heterocycles. The van der Waals surface area contributed by atoms with Gasteiger partial charge in [0.2, 0.25) is 0 Å². The second-order valence-corrected chi connectivity index (χ2v) is 5.66. The summed E-state index contributed by atoms with van der Waals surface area (Å²) in [7, 11) is 1.73. The molecule has 0 saturated carbocycles. The van der Waals surface area contributed by atoms with Crippen LogP contribution in [-0.4, -0.2) is 55.7 Å². The summed E-state index contributed by atoms with van der Waals surface area (Å²) in [4.78, 5) is 17.1. The zero-order chi connectivity index (χ0) is 14.4. The minimum atomic E-state index is -0.0845. The molecule has 0 atom stereocenters.